The van der Waals surface area contributed by atoms with Crippen molar-refractivity contribution in [2.75, 3.05) is 17.9 Å². The molecule has 0 aliphatic heterocycles. The van der Waals surface area contributed by atoms with Gasteiger partial charge in [-0.3, -0.25) is 13.9 Å². The number of rotatable bonds is 10. The third kappa shape index (κ3) is 6.91. The van der Waals surface area contributed by atoms with Crippen LogP contribution in [0.25, 0.3) is 0 Å². The van der Waals surface area contributed by atoms with Crippen LogP contribution in [0.1, 0.15) is 24.5 Å². The Kier molecular flexibility index (Phi) is 9.75. The van der Waals surface area contributed by atoms with Crippen LogP contribution < -0.4 is 9.62 Å². The number of anilines is 1. The molecule has 0 saturated heterocycles. The number of hydrogen-bond acceptors (Lipinski definition) is 4. The van der Waals surface area contributed by atoms with Gasteiger partial charge in [0.1, 0.15) is 12.6 Å². The largest absolute Gasteiger partial charge is 0.357 e. The number of benzene rings is 3. The fraction of sp³-hybridized carbons (Fsp3) is 0.259. The molecular formula is C27H29BrClN3O4S. The lowest BCUT2D eigenvalue weighted by Crippen LogP contribution is -2.51. The van der Waals surface area contributed by atoms with Crippen LogP contribution in [0.2, 0.25) is 5.02 Å². The van der Waals surface area contributed by atoms with Crippen LogP contribution in [0, 0.1) is 6.92 Å². The zero-order valence-electron chi connectivity index (χ0n) is 20.8. The van der Waals surface area contributed by atoms with E-state index >= 15 is 0 Å². The number of nitrogens with one attached hydrogen (secondary N) is 1. The molecular weight excluding hydrogens is 578 g/mol. The molecule has 196 valence electrons. The first-order chi connectivity index (χ1) is 17.6. The molecule has 0 unspecified atom stereocenters. The Morgan fingerprint density at radius 2 is 1.70 bits per heavy atom. The third-order valence-corrected chi connectivity index (χ3v) is 8.56. The molecule has 0 bridgehead atoms. The average molecular weight is 607 g/mol. The van der Waals surface area contributed by atoms with Crippen molar-refractivity contribution in [3.05, 3.63) is 93.4 Å². The molecule has 1 N–H and O–H groups in total. The minimum Gasteiger partial charge on any atom is -0.357 e. The van der Waals surface area contributed by atoms with E-state index in [2.05, 4.69) is 21.2 Å². The summed E-state index contributed by atoms with van der Waals surface area (Å²) in [5, 5.41) is 3.05. The van der Waals surface area contributed by atoms with E-state index in [1.165, 1.54) is 24.1 Å². The SMILES string of the molecule is CC[C@@H](C(=O)NC)N(Cc1ccccc1Cl)C(=O)CN(c1cccc(Br)c1)S(=O)(=O)c1ccc(C)cc1. The van der Waals surface area contributed by atoms with Crippen molar-refractivity contribution in [1.29, 1.82) is 0 Å². The van der Waals surface area contributed by atoms with Crippen LogP contribution >= 0.6 is 27.5 Å². The van der Waals surface area contributed by atoms with Gasteiger partial charge in [-0.1, -0.05) is 76.4 Å². The van der Waals surface area contributed by atoms with Gasteiger partial charge in [0.05, 0.1) is 10.6 Å². The van der Waals surface area contributed by atoms with E-state index < -0.39 is 28.5 Å². The van der Waals surface area contributed by atoms with Crippen molar-refractivity contribution < 1.29 is 18.0 Å². The minimum atomic E-state index is -4.12. The van der Waals surface area contributed by atoms with Crippen LogP contribution in [0.3, 0.4) is 0 Å². The quantitative estimate of drug-likeness (QED) is 0.346. The maximum atomic E-state index is 13.9. The molecule has 3 rings (SSSR count). The smallest absolute Gasteiger partial charge is 0.264 e. The van der Waals surface area contributed by atoms with Gasteiger partial charge < -0.3 is 10.2 Å². The van der Waals surface area contributed by atoms with E-state index in [4.69, 9.17) is 11.6 Å². The van der Waals surface area contributed by atoms with Crippen LogP contribution in [-0.2, 0) is 26.2 Å². The van der Waals surface area contributed by atoms with Gasteiger partial charge in [0.15, 0.2) is 0 Å². The summed E-state index contributed by atoms with van der Waals surface area (Å²) >= 11 is 9.76. The van der Waals surface area contributed by atoms with Crippen molar-refractivity contribution >= 4 is 55.1 Å². The summed E-state index contributed by atoms with van der Waals surface area (Å²) in [4.78, 5) is 28.0. The van der Waals surface area contributed by atoms with Gasteiger partial charge in [-0.2, -0.15) is 0 Å². The van der Waals surface area contributed by atoms with Gasteiger partial charge in [-0.05, 0) is 55.3 Å². The van der Waals surface area contributed by atoms with Crippen LogP contribution in [0.5, 0.6) is 0 Å². The highest BCUT2D eigenvalue weighted by atomic mass is 79.9. The molecule has 0 radical (unpaired) electrons. The lowest BCUT2D eigenvalue weighted by Gasteiger charge is -2.33. The van der Waals surface area contributed by atoms with E-state index in [0.29, 0.717) is 27.2 Å². The van der Waals surface area contributed by atoms with Crippen LogP contribution in [-0.4, -0.2) is 44.8 Å². The lowest BCUT2D eigenvalue weighted by atomic mass is 10.1. The number of nitrogens with zero attached hydrogens (tertiary/aromatic N) is 2. The Labute approximate surface area is 231 Å². The van der Waals surface area contributed by atoms with E-state index in [1.54, 1.807) is 67.6 Å². The minimum absolute atomic E-state index is 0.0430. The average Bonchev–Trinajstić information content (AvgIpc) is 2.88. The van der Waals surface area contributed by atoms with E-state index in [0.717, 1.165) is 9.87 Å². The molecule has 0 fully saturated rings. The Balaban J connectivity index is 2.07. The van der Waals surface area contributed by atoms with Gasteiger partial charge in [0.2, 0.25) is 11.8 Å². The second-order valence-corrected chi connectivity index (χ2v) is 11.6. The number of hydrogen-bond donors (Lipinski definition) is 1. The Hall–Kier alpha value is -2.88. The lowest BCUT2D eigenvalue weighted by molar-refractivity contribution is -0.140. The molecule has 3 aromatic rings. The molecule has 7 nitrogen and oxygen atoms in total. The highest BCUT2D eigenvalue weighted by Crippen LogP contribution is 2.28. The van der Waals surface area contributed by atoms with E-state index in [-0.39, 0.29) is 17.3 Å². The normalized spacial score (nSPS) is 12.0. The zero-order chi connectivity index (χ0) is 27.2. The Morgan fingerprint density at radius 3 is 2.30 bits per heavy atom. The van der Waals surface area contributed by atoms with Gasteiger partial charge in [0, 0.05) is 23.1 Å². The first-order valence-electron chi connectivity index (χ1n) is 11.7. The van der Waals surface area contributed by atoms with Gasteiger partial charge in [-0.15, -0.1) is 0 Å². The van der Waals surface area contributed by atoms with Crippen molar-refractivity contribution in [1.82, 2.24) is 10.2 Å². The Bertz CT molecular complexity index is 1370. The molecule has 0 spiro atoms. The molecule has 0 aliphatic rings. The fourth-order valence-electron chi connectivity index (χ4n) is 3.89. The number of sulfonamides is 1. The van der Waals surface area contributed by atoms with E-state index in [1.807, 2.05) is 6.92 Å². The topological polar surface area (TPSA) is 86.8 Å². The first-order valence-corrected chi connectivity index (χ1v) is 14.3. The van der Waals surface area contributed by atoms with Gasteiger partial charge in [0.25, 0.3) is 10.0 Å². The van der Waals surface area contributed by atoms with Crippen molar-refractivity contribution in [2.45, 2.75) is 37.8 Å². The summed E-state index contributed by atoms with van der Waals surface area (Å²) in [6, 6.07) is 19.4. The second kappa shape index (κ2) is 12.6. The predicted molar refractivity (Wildman–Crippen MR) is 150 cm³/mol. The molecule has 0 aliphatic carbocycles. The standard InChI is InChI=1S/C27H29BrClN3O4S/c1-4-25(27(34)30-3)31(17-20-8-5-6-11-24(20)29)26(33)18-32(22-10-7-9-21(28)16-22)37(35,36)23-14-12-19(2)13-15-23/h5-16,25H,4,17-18H2,1-3H3,(H,30,34)/t25-/m0/s1. The number of carbonyl (C=O) groups excluding carboxylic acids is 2. The highest BCUT2D eigenvalue weighted by molar-refractivity contribution is 9.10. The molecule has 3 aromatic carbocycles. The number of amides is 2. The molecule has 37 heavy (non-hydrogen) atoms. The van der Waals surface area contributed by atoms with Crippen LogP contribution in [0.4, 0.5) is 5.69 Å². The number of carbonyl (C=O) groups is 2. The maximum absolute atomic E-state index is 13.9. The predicted octanol–water partition coefficient (Wildman–Crippen LogP) is 5.16. The van der Waals surface area contributed by atoms with Crippen molar-refractivity contribution in [3.8, 4) is 0 Å². The third-order valence-electron chi connectivity index (χ3n) is 5.91. The maximum Gasteiger partial charge on any atom is 0.264 e. The summed E-state index contributed by atoms with van der Waals surface area (Å²) in [5.74, 6) is -0.885. The first kappa shape index (κ1) is 28.7. The molecule has 10 heteroatoms. The Morgan fingerprint density at radius 1 is 1.03 bits per heavy atom. The number of halogens is 2. The summed E-state index contributed by atoms with van der Waals surface area (Å²) < 4.78 is 29.3. The van der Waals surface area contributed by atoms with Gasteiger partial charge in [-0.25, -0.2) is 8.42 Å². The molecule has 2 amide bonds. The van der Waals surface area contributed by atoms with E-state index in [9.17, 15) is 18.0 Å². The summed E-state index contributed by atoms with van der Waals surface area (Å²) in [7, 11) is -2.62. The van der Waals surface area contributed by atoms with Gasteiger partial charge >= 0.3 is 0 Å². The van der Waals surface area contributed by atoms with Crippen LogP contribution in [0.15, 0.2) is 82.2 Å². The van der Waals surface area contributed by atoms with Crippen molar-refractivity contribution in [2.24, 2.45) is 0 Å². The molecule has 0 saturated carbocycles. The zero-order valence-corrected chi connectivity index (χ0v) is 24.0. The second-order valence-electron chi connectivity index (χ2n) is 8.46. The fourth-order valence-corrected chi connectivity index (χ4v) is 5.88. The number of aryl methyl sites for hydroxylation is 1. The summed E-state index contributed by atoms with van der Waals surface area (Å²) in [5.41, 5.74) is 1.87. The molecule has 1 atom stereocenters. The molecule has 0 heterocycles. The highest BCUT2D eigenvalue weighted by Gasteiger charge is 2.33. The number of likely N-dealkylation sites (N-methyl/N-ethyl adjacent to an activating group) is 1. The summed E-state index contributed by atoms with van der Waals surface area (Å²) in [6.45, 7) is 3.19. The molecule has 0 aromatic heterocycles. The monoisotopic (exact) mass is 605 g/mol. The van der Waals surface area contributed by atoms with Crippen molar-refractivity contribution in [3.63, 3.8) is 0 Å². The summed E-state index contributed by atoms with van der Waals surface area (Å²) in [6.07, 6.45) is 0.331.